The number of nitrogens with zero attached hydrogens (tertiary/aromatic N) is 5. The van der Waals surface area contributed by atoms with Crippen LogP contribution >= 0.6 is 0 Å². The lowest BCUT2D eigenvalue weighted by Crippen LogP contribution is -2.46. The van der Waals surface area contributed by atoms with Crippen LogP contribution in [0.2, 0.25) is 0 Å². The van der Waals surface area contributed by atoms with E-state index in [1.807, 2.05) is 18.9 Å². The Bertz CT molecular complexity index is 1080. The standard InChI is InChI=1S/C21H25F3N8O/c1-4-15-19(33)30-17-12(2)29-20(31-18(17)32(15)3)28-11-14(8-25)10-26-9-13-5-6-27-16(7-13)21(22,23)24/h5-8,10,15H,4,9,11,25H2,1-3H3,(H,30,33)(H,28,29,31)/b14-8+,26-10?/t15-/m0/s1. The third-order valence-electron chi connectivity index (χ3n) is 5.12. The molecule has 0 aliphatic carbocycles. The minimum Gasteiger partial charge on any atom is -0.404 e. The summed E-state index contributed by atoms with van der Waals surface area (Å²) >= 11 is 0. The van der Waals surface area contributed by atoms with Crippen molar-refractivity contribution in [2.45, 2.75) is 39.0 Å². The largest absolute Gasteiger partial charge is 0.433 e. The minimum atomic E-state index is -4.51. The predicted molar refractivity (Wildman–Crippen MR) is 120 cm³/mol. The van der Waals surface area contributed by atoms with Crippen molar-refractivity contribution in [2.24, 2.45) is 10.7 Å². The molecule has 0 aromatic carbocycles. The molecule has 4 N–H and O–H groups in total. The second-order valence-electron chi connectivity index (χ2n) is 7.47. The van der Waals surface area contributed by atoms with Gasteiger partial charge >= 0.3 is 6.18 Å². The molecular weight excluding hydrogens is 437 g/mol. The number of nitrogens with one attached hydrogen (secondary N) is 2. The first-order valence-electron chi connectivity index (χ1n) is 10.2. The van der Waals surface area contributed by atoms with Crippen molar-refractivity contribution in [3.63, 3.8) is 0 Å². The summed E-state index contributed by atoms with van der Waals surface area (Å²) in [5.41, 5.74) is 6.86. The van der Waals surface area contributed by atoms with E-state index >= 15 is 0 Å². The molecule has 2 aromatic heterocycles. The third kappa shape index (κ3) is 5.57. The van der Waals surface area contributed by atoms with E-state index in [4.69, 9.17) is 5.73 Å². The number of alkyl halides is 3. The SMILES string of the molecule is CC[C@H]1C(=O)Nc2c(C)nc(NC/C(C=NCc3ccnc(C(F)(F)F)c3)=C/N)nc2N1C. The summed E-state index contributed by atoms with van der Waals surface area (Å²) in [4.78, 5) is 30.5. The number of carbonyl (C=O) groups excluding carboxylic acids is 1. The molecule has 0 spiro atoms. The molecule has 0 radical (unpaired) electrons. The Hall–Kier alpha value is -3.70. The lowest BCUT2D eigenvalue weighted by atomic mass is 10.1. The maximum atomic E-state index is 12.8. The van der Waals surface area contributed by atoms with Crippen LogP contribution in [0.15, 0.2) is 35.1 Å². The lowest BCUT2D eigenvalue weighted by Gasteiger charge is -2.34. The van der Waals surface area contributed by atoms with Crippen LogP contribution in [0.1, 0.15) is 30.3 Å². The number of aliphatic imine (C=N–C) groups is 1. The number of hydrogen-bond donors (Lipinski definition) is 3. The summed E-state index contributed by atoms with van der Waals surface area (Å²) in [6.45, 7) is 3.99. The van der Waals surface area contributed by atoms with E-state index in [1.54, 1.807) is 6.92 Å². The summed E-state index contributed by atoms with van der Waals surface area (Å²) < 4.78 is 38.3. The number of halogens is 3. The van der Waals surface area contributed by atoms with Crippen LogP contribution in [-0.2, 0) is 17.5 Å². The van der Waals surface area contributed by atoms with E-state index in [-0.39, 0.29) is 25.0 Å². The van der Waals surface area contributed by atoms with E-state index < -0.39 is 11.9 Å². The molecule has 0 bridgehead atoms. The van der Waals surface area contributed by atoms with Crippen molar-refractivity contribution < 1.29 is 18.0 Å². The Morgan fingerprint density at radius 2 is 2.15 bits per heavy atom. The fourth-order valence-corrected chi connectivity index (χ4v) is 3.35. The predicted octanol–water partition coefficient (Wildman–Crippen LogP) is 2.89. The van der Waals surface area contributed by atoms with Crippen LogP contribution in [0.4, 0.5) is 30.6 Å². The molecule has 0 saturated heterocycles. The van der Waals surface area contributed by atoms with E-state index in [0.717, 1.165) is 12.3 Å². The Morgan fingerprint density at radius 3 is 2.82 bits per heavy atom. The zero-order chi connectivity index (χ0) is 24.2. The number of amides is 1. The molecule has 0 saturated carbocycles. The van der Waals surface area contributed by atoms with Gasteiger partial charge in [-0.15, -0.1) is 0 Å². The first-order chi connectivity index (χ1) is 15.6. The number of rotatable bonds is 7. The molecule has 1 amide bonds. The van der Waals surface area contributed by atoms with E-state index in [9.17, 15) is 18.0 Å². The van der Waals surface area contributed by atoms with Gasteiger partial charge in [-0.3, -0.25) is 14.8 Å². The molecule has 1 aliphatic heterocycles. The summed E-state index contributed by atoms with van der Waals surface area (Å²) in [5, 5.41) is 5.93. The highest BCUT2D eigenvalue weighted by molar-refractivity contribution is 6.03. The van der Waals surface area contributed by atoms with Gasteiger partial charge in [0.2, 0.25) is 11.9 Å². The molecule has 0 unspecified atom stereocenters. The van der Waals surface area contributed by atoms with Crippen LogP contribution in [0.3, 0.4) is 0 Å². The van der Waals surface area contributed by atoms with Gasteiger partial charge in [0.15, 0.2) is 5.82 Å². The number of anilines is 3. The average Bonchev–Trinajstić information content (AvgIpc) is 2.77. The van der Waals surface area contributed by atoms with E-state index in [2.05, 4.69) is 30.6 Å². The van der Waals surface area contributed by atoms with Crippen molar-refractivity contribution in [2.75, 3.05) is 29.1 Å². The summed E-state index contributed by atoms with van der Waals surface area (Å²) in [6.07, 6.45) is 0.0482. The molecule has 176 valence electrons. The molecular formula is C21H25F3N8O. The molecule has 12 heteroatoms. The van der Waals surface area contributed by atoms with Crippen molar-refractivity contribution >= 4 is 29.6 Å². The van der Waals surface area contributed by atoms with Gasteiger partial charge < -0.3 is 21.3 Å². The van der Waals surface area contributed by atoms with Gasteiger partial charge in [-0.1, -0.05) is 6.92 Å². The molecule has 0 fully saturated rings. The van der Waals surface area contributed by atoms with Crippen LogP contribution in [0.5, 0.6) is 0 Å². The number of likely N-dealkylation sites (N-methyl/N-ethyl adjacent to an activating group) is 1. The molecule has 1 aliphatic rings. The van der Waals surface area contributed by atoms with Crippen LogP contribution in [0, 0.1) is 6.92 Å². The maximum absolute atomic E-state index is 12.8. The highest BCUT2D eigenvalue weighted by Crippen LogP contribution is 2.33. The van der Waals surface area contributed by atoms with E-state index in [0.29, 0.717) is 40.7 Å². The first-order valence-corrected chi connectivity index (χ1v) is 10.2. The second-order valence-corrected chi connectivity index (χ2v) is 7.47. The zero-order valence-electron chi connectivity index (χ0n) is 18.4. The topological polar surface area (TPSA) is 121 Å². The number of aromatic nitrogens is 3. The third-order valence-corrected chi connectivity index (χ3v) is 5.12. The number of hydrogen-bond acceptors (Lipinski definition) is 8. The van der Waals surface area contributed by atoms with Gasteiger partial charge in [0.25, 0.3) is 0 Å². The minimum absolute atomic E-state index is 0.0420. The second kappa shape index (κ2) is 9.84. The van der Waals surface area contributed by atoms with Crippen molar-refractivity contribution in [1.29, 1.82) is 0 Å². The molecule has 3 heterocycles. The van der Waals surface area contributed by atoms with Crippen molar-refractivity contribution in [3.05, 3.63) is 47.1 Å². The number of pyridine rings is 1. The molecule has 9 nitrogen and oxygen atoms in total. The summed E-state index contributed by atoms with van der Waals surface area (Å²) in [6, 6.07) is 2.11. The zero-order valence-corrected chi connectivity index (χ0v) is 18.4. The Kier molecular flexibility index (Phi) is 7.14. The Morgan fingerprint density at radius 1 is 1.39 bits per heavy atom. The normalized spacial score (nSPS) is 16.7. The molecule has 33 heavy (non-hydrogen) atoms. The summed E-state index contributed by atoms with van der Waals surface area (Å²) in [7, 11) is 1.81. The first kappa shape index (κ1) is 24.0. The molecule has 3 rings (SSSR count). The fraction of sp³-hybridized carbons (Fsp3) is 0.381. The van der Waals surface area contributed by atoms with E-state index in [1.165, 1.54) is 18.5 Å². The monoisotopic (exact) mass is 462 g/mol. The van der Waals surface area contributed by atoms with Gasteiger partial charge in [-0.25, -0.2) is 4.98 Å². The Labute approximate surface area is 189 Å². The van der Waals surface area contributed by atoms with Crippen LogP contribution < -0.4 is 21.3 Å². The summed E-state index contributed by atoms with van der Waals surface area (Å²) in [5.74, 6) is 0.864. The van der Waals surface area contributed by atoms with Gasteiger partial charge in [0, 0.05) is 37.8 Å². The van der Waals surface area contributed by atoms with Crippen molar-refractivity contribution in [1.82, 2.24) is 15.0 Å². The van der Waals surface area contributed by atoms with Crippen LogP contribution in [0.25, 0.3) is 0 Å². The average molecular weight is 462 g/mol. The lowest BCUT2D eigenvalue weighted by molar-refractivity contribution is -0.141. The molecule has 1 atom stereocenters. The van der Waals surface area contributed by atoms with Gasteiger partial charge in [0.1, 0.15) is 17.4 Å². The highest BCUT2D eigenvalue weighted by Gasteiger charge is 2.33. The van der Waals surface area contributed by atoms with Gasteiger partial charge in [-0.05, 0) is 31.0 Å². The molecule has 2 aromatic rings. The number of nitrogens with two attached hydrogens (primary N) is 1. The Balaban J connectivity index is 1.66. The number of aryl methyl sites for hydroxylation is 1. The highest BCUT2D eigenvalue weighted by atomic mass is 19.4. The van der Waals surface area contributed by atoms with Crippen LogP contribution in [-0.4, -0.2) is 46.7 Å². The smallest absolute Gasteiger partial charge is 0.404 e. The quantitative estimate of drug-likeness (QED) is 0.541. The number of fused-ring (bicyclic) bond motifs is 1. The number of carbonyl (C=O) groups is 1. The van der Waals surface area contributed by atoms with Gasteiger partial charge in [0.05, 0.1) is 12.2 Å². The fourth-order valence-electron chi connectivity index (χ4n) is 3.35. The van der Waals surface area contributed by atoms with Gasteiger partial charge in [-0.2, -0.15) is 18.2 Å². The maximum Gasteiger partial charge on any atom is 0.433 e. The van der Waals surface area contributed by atoms with Crippen molar-refractivity contribution in [3.8, 4) is 0 Å².